The fourth-order valence-corrected chi connectivity index (χ4v) is 2.44. The molecule has 2 rings (SSSR count). The van der Waals surface area contributed by atoms with Crippen molar-refractivity contribution >= 4 is 15.9 Å². The van der Waals surface area contributed by atoms with E-state index in [1.54, 1.807) is 0 Å². The van der Waals surface area contributed by atoms with E-state index in [1.807, 2.05) is 12.3 Å². The maximum absolute atomic E-state index is 9.32. The molecule has 1 aliphatic rings. The van der Waals surface area contributed by atoms with Crippen molar-refractivity contribution in [3.05, 3.63) is 28.5 Å². The third kappa shape index (κ3) is 3.03. The maximum atomic E-state index is 9.32. The lowest BCUT2D eigenvalue weighted by molar-refractivity contribution is 0.0840. The normalized spacial score (nSPS) is 22.2. The van der Waals surface area contributed by atoms with Gasteiger partial charge in [0.1, 0.15) is 4.60 Å². The summed E-state index contributed by atoms with van der Waals surface area (Å²) in [5.41, 5.74) is 1.21. The summed E-state index contributed by atoms with van der Waals surface area (Å²) in [7, 11) is 0. The molecule has 2 heterocycles. The predicted molar refractivity (Wildman–Crippen MR) is 67.1 cm³/mol. The first kappa shape index (κ1) is 12.0. The van der Waals surface area contributed by atoms with Gasteiger partial charge in [0.25, 0.3) is 0 Å². The number of pyridine rings is 1. The molecule has 1 atom stereocenters. The minimum Gasteiger partial charge on any atom is -0.395 e. The van der Waals surface area contributed by atoms with Crippen LogP contribution in [0.4, 0.5) is 0 Å². The first-order valence-electron chi connectivity index (χ1n) is 5.75. The fourth-order valence-electron chi connectivity index (χ4n) is 2.21. The highest BCUT2D eigenvalue weighted by Crippen LogP contribution is 2.19. The zero-order valence-corrected chi connectivity index (χ0v) is 10.9. The first-order chi connectivity index (χ1) is 7.79. The van der Waals surface area contributed by atoms with E-state index in [1.165, 1.54) is 18.4 Å². The zero-order chi connectivity index (χ0) is 11.4. The lowest BCUT2D eigenvalue weighted by Gasteiger charge is -2.34. The Morgan fingerprint density at radius 2 is 2.31 bits per heavy atom. The van der Waals surface area contributed by atoms with Crippen molar-refractivity contribution in [2.24, 2.45) is 0 Å². The second kappa shape index (κ2) is 5.75. The Bertz CT molecular complexity index is 328. The summed E-state index contributed by atoms with van der Waals surface area (Å²) in [6.07, 6.45) is 5.48. The maximum Gasteiger partial charge on any atom is 0.106 e. The van der Waals surface area contributed by atoms with Gasteiger partial charge >= 0.3 is 0 Å². The summed E-state index contributed by atoms with van der Waals surface area (Å²) in [6, 6.07) is 4.38. The smallest absolute Gasteiger partial charge is 0.106 e. The summed E-state index contributed by atoms with van der Waals surface area (Å²) in [5, 5.41) is 9.32. The number of hydrogen-bond donors (Lipinski definition) is 1. The SMILES string of the molecule is OC[C@H]1CCCCN1Cc1ccc(Br)nc1. The van der Waals surface area contributed by atoms with E-state index in [0.29, 0.717) is 6.04 Å². The summed E-state index contributed by atoms with van der Waals surface area (Å²) >= 11 is 3.33. The molecule has 88 valence electrons. The van der Waals surface area contributed by atoms with E-state index in [-0.39, 0.29) is 6.61 Å². The van der Waals surface area contributed by atoms with Crippen molar-refractivity contribution in [2.75, 3.05) is 13.2 Å². The molecule has 1 aromatic heterocycles. The van der Waals surface area contributed by atoms with Gasteiger partial charge in [0, 0.05) is 18.8 Å². The average molecular weight is 285 g/mol. The van der Waals surface area contributed by atoms with Crippen LogP contribution < -0.4 is 0 Å². The number of likely N-dealkylation sites (tertiary alicyclic amines) is 1. The molecule has 1 aliphatic heterocycles. The van der Waals surface area contributed by atoms with E-state index in [0.717, 1.165) is 24.1 Å². The molecule has 0 unspecified atom stereocenters. The van der Waals surface area contributed by atoms with Crippen molar-refractivity contribution in [3.8, 4) is 0 Å². The quantitative estimate of drug-likeness (QED) is 0.865. The van der Waals surface area contributed by atoms with Crippen molar-refractivity contribution in [1.82, 2.24) is 9.88 Å². The van der Waals surface area contributed by atoms with Crippen molar-refractivity contribution in [3.63, 3.8) is 0 Å². The standard InChI is InChI=1S/C12H17BrN2O/c13-12-5-4-10(7-14-12)8-15-6-2-1-3-11(15)9-16/h4-5,7,11,16H,1-3,6,8-9H2/t11-/m1/s1. The number of aromatic nitrogens is 1. The number of rotatable bonds is 3. The zero-order valence-electron chi connectivity index (χ0n) is 9.27. The molecule has 0 aromatic carbocycles. The molecular formula is C12H17BrN2O. The highest BCUT2D eigenvalue weighted by molar-refractivity contribution is 9.10. The molecule has 3 nitrogen and oxygen atoms in total. The van der Waals surface area contributed by atoms with E-state index in [9.17, 15) is 5.11 Å². The van der Waals surface area contributed by atoms with Gasteiger partial charge in [-0.05, 0) is 46.9 Å². The monoisotopic (exact) mass is 284 g/mol. The van der Waals surface area contributed by atoms with Crippen LogP contribution in [0.3, 0.4) is 0 Å². The highest BCUT2D eigenvalue weighted by Gasteiger charge is 2.21. The molecule has 0 spiro atoms. The van der Waals surface area contributed by atoms with Crippen LogP contribution in [-0.4, -0.2) is 34.2 Å². The van der Waals surface area contributed by atoms with E-state index in [2.05, 4.69) is 31.9 Å². The van der Waals surface area contributed by atoms with Crippen LogP contribution in [0.15, 0.2) is 22.9 Å². The minimum absolute atomic E-state index is 0.268. The van der Waals surface area contributed by atoms with Crippen LogP contribution in [-0.2, 0) is 6.54 Å². The Hall–Kier alpha value is -0.450. The minimum atomic E-state index is 0.268. The van der Waals surface area contributed by atoms with E-state index in [4.69, 9.17) is 0 Å². The summed E-state index contributed by atoms with van der Waals surface area (Å²) in [6.45, 7) is 2.25. The van der Waals surface area contributed by atoms with Crippen molar-refractivity contribution < 1.29 is 5.11 Å². The Labute approximate surface area is 105 Å². The Morgan fingerprint density at radius 3 is 3.00 bits per heavy atom. The highest BCUT2D eigenvalue weighted by atomic mass is 79.9. The number of halogens is 1. The van der Waals surface area contributed by atoms with Crippen LogP contribution >= 0.6 is 15.9 Å². The Kier molecular flexibility index (Phi) is 4.32. The van der Waals surface area contributed by atoms with Gasteiger partial charge in [-0.1, -0.05) is 12.5 Å². The van der Waals surface area contributed by atoms with E-state index < -0.39 is 0 Å². The molecule has 1 saturated heterocycles. The summed E-state index contributed by atoms with van der Waals surface area (Å²) in [5.74, 6) is 0. The number of nitrogens with zero attached hydrogens (tertiary/aromatic N) is 2. The van der Waals surface area contributed by atoms with Crippen LogP contribution in [0.2, 0.25) is 0 Å². The molecular weight excluding hydrogens is 268 g/mol. The van der Waals surface area contributed by atoms with Crippen molar-refractivity contribution in [2.45, 2.75) is 31.8 Å². The van der Waals surface area contributed by atoms with Gasteiger partial charge in [-0.15, -0.1) is 0 Å². The van der Waals surface area contributed by atoms with Gasteiger partial charge in [0.2, 0.25) is 0 Å². The number of hydrogen-bond acceptors (Lipinski definition) is 3. The van der Waals surface area contributed by atoms with Crippen molar-refractivity contribution in [1.29, 1.82) is 0 Å². The van der Waals surface area contributed by atoms with Gasteiger partial charge < -0.3 is 5.11 Å². The largest absolute Gasteiger partial charge is 0.395 e. The molecule has 0 bridgehead atoms. The number of aliphatic hydroxyl groups excluding tert-OH is 1. The van der Waals surface area contributed by atoms with Gasteiger partial charge in [-0.3, -0.25) is 4.90 Å². The topological polar surface area (TPSA) is 36.4 Å². The second-order valence-corrected chi connectivity index (χ2v) is 5.10. The van der Waals surface area contributed by atoms with E-state index >= 15 is 0 Å². The fraction of sp³-hybridized carbons (Fsp3) is 0.583. The third-order valence-electron chi connectivity index (χ3n) is 3.13. The molecule has 4 heteroatoms. The molecule has 0 saturated carbocycles. The lowest BCUT2D eigenvalue weighted by Crippen LogP contribution is -2.41. The molecule has 1 aromatic rings. The lowest BCUT2D eigenvalue weighted by atomic mass is 10.0. The van der Waals surface area contributed by atoms with Gasteiger partial charge in [-0.25, -0.2) is 4.98 Å². The third-order valence-corrected chi connectivity index (χ3v) is 3.60. The molecule has 0 amide bonds. The Balaban J connectivity index is 1.99. The van der Waals surface area contributed by atoms with Gasteiger partial charge in [0.05, 0.1) is 6.61 Å². The van der Waals surface area contributed by atoms with Crippen LogP contribution in [0.5, 0.6) is 0 Å². The predicted octanol–water partition coefficient (Wildman–Crippen LogP) is 2.19. The molecule has 1 fully saturated rings. The van der Waals surface area contributed by atoms with Gasteiger partial charge in [0.15, 0.2) is 0 Å². The first-order valence-corrected chi connectivity index (χ1v) is 6.54. The molecule has 16 heavy (non-hydrogen) atoms. The van der Waals surface area contributed by atoms with Crippen LogP contribution in [0.1, 0.15) is 24.8 Å². The molecule has 0 radical (unpaired) electrons. The summed E-state index contributed by atoms with van der Waals surface area (Å²) < 4.78 is 0.869. The molecule has 0 aliphatic carbocycles. The second-order valence-electron chi connectivity index (χ2n) is 4.29. The van der Waals surface area contributed by atoms with Crippen LogP contribution in [0.25, 0.3) is 0 Å². The number of aliphatic hydroxyl groups is 1. The Morgan fingerprint density at radius 1 is 1.44 bits per heavy atom. The number of piperidine rings is 1. The average Bonchev–Trinajstić information content (AvgIpc) is 2.33. The molecule has 1 N–H and O–H groups in total. The van der Waals surface area contributed by atoms with Crippen LogP contribution in [0, 0.1) is 0 Å². The van der Waals surface area contributed by atoms with Gasteiger partial charge in [-0.2, -0.15) is 0 Å². The summed E-state index contributed by atoms with van der Waals surface area (Å²) in [4.78, 5) is 6.58.